The number of sulfone groups is 1. The number of carbonyl (C=O) groups is 2. The number of benzene rings is 2. The van der Waals surface area contributed by atoms with Crippen molar-refractivity contribution in [1.82, 2.24) is 4.90 Å². The predicted molar refractivity (Wildman–Crippen MR) is 112 cm³/mol. The molecule has 2 atom stereocenters. The molecule has 1 aliphatic rings. The molecule has 4 N–H and O–H groups in total. The zero-order chi connectivity index (χ0) is 22.8. The number of rotatable bonds is 6. The van der Waals surface area contributed by atoms with Crippen LogP contribution < -0.4 is 10.5 Å². The molecule has 1 heterocycles. The van der Waals surface area contributed by atoms with Gasteiger partial charge in [-0.05, 0) is 48.4 Å². The first-order chi connectivity index (χ1) is 14.5. The van der Waals surface area contributed by atoms with Gasteiger partial charge in [-0.15, -0.1) is 0 Å². The van der Waals surface area contributed by atoms with Crippen LogP contribution in [0.4, 0.5) is 4.79 Å². The van der Waals surface area contributed by atoms with Crippen molar-refractivity contribution in [3.8, 4) is 5.75 Å². The van der Waals surface area contributed by atoms with Crippen molar-refractivity contribution in [3.05, 3.63) is 59.1 Å². The number of piperidine rings is 1. The first-order valence-electron chi connectivity index (χ1n) is 9.25. The maximum atomic E-state index is 13.1. The third-order valence-electron chi connectivity index (χ3n) is 5.13. The second-order valence-electron chi connectivity index (χ2n) is 7.20. The number of likely N-dealkylation sites (tertiary alicyclic amines) is 1. The molecule has 0 aliphatic carbocycles. The molecule has 1 saturated heterocycles. The first kappa shape index (κ1) is 22.9. The van der Waals surface area contributed by atoms with Crippen LogP contribution in [0.1, 0.15) is 12.0 Å². The number of halogens is 1. The Morgan fingerprint density at radius 2 is 1.90 bits per heavy atom. The molecule has 9 nitrogen and oxygen atoms in total. The van der Waals surface area contributed by atoms with Crippen LogP contribution in [0.5, 0.6) is 5.75 Å². The highest BCUT2D eigenvalue weighted by Crippen LogP contribution is 2.33. The molecule has 166 valence electrons. The smallest absolute Gasteiger partial charge is 0.338 e. The SMILES string of the molecule is NC(=O)N1CCC(S(=O)(=O)c2ccc(OCc3cccc(Cl)c3)cc2)C(O)(C(=O)O)C1. The van der Waals surface area contributed by atoms with Crippen molar-refractivity contribution < 1.29 is 33.0 Å². The number of aliphatic carboxylic acids is 1. The van der Waals surface area contributed by atoms with Crippen molar-refractivity contribution >= 4 is 33.4 Å². The third-order valence-corrected chi connectivity index (χ3v) is 7.67. The maximum Gasteiger partial charge on any atom is 0.338 e. The fourth-order valence-electron chi connectivity index (χ4n) is 3.47. The Hall–Kier alpha value is -2.82. The maximum absolute atomic E-state index is 13.1. The number of ether oxygens (including phenoxy) is 1. The van der Waals surface area contributed by atoms with E-state index < -0.39 is 39.2 Å². The Bertz CT molecular complexity index is 1090. The number of nitrogens with two attached hydrogens (primary N) is 1. The van der Waals surface area contributed by atoms with Crippen molar-refractivity contribution in [2.75, 3.05) is 13.1 Å². The summed E-state index contributed by atoms with van der Waals surface area (Å²) in [5, 5.41) is 19.1. The van der Waals surface area contributed by atoms with Crippen LogP contribution in [0.15, 0.2) is 53.4 Å². The van der Waals surface area contributed by atoms with Gasteiger partial charge in [0.2, 0.25) is 0 Å². The molecule has 0 radical (unpaired) electrons. The topological polar surface area (TPSA) is 147 Å². The first-order valence-corrected chi connectivity index (χ1v) is 11.2. The van der Waals surface area contributed by atoms with E-state index >= 15 is 0 Å². The molecular formula is C20H21ClN2O7S. The summed E-state index contributed by atoms with van der Waals surface area (Å²) in [6.07, 6.45) is -0.277. The molecule has 0 saturated carbocycles. The zero-order valence-corrected chi connectivity index (χ0v) is 17.8. The number of primary amides is 1. The van der Waals surface area contributed by atoms with E-state index in [4.69, 9.17) is 22.1 Å². The predicted octanol–water partition coefficient (Wildman–Crippen LogP) is 1.66. The van der Waals surface area contributed by atoms with E-state index in [1.165, 1.54) is 24.3 Å². The van der Waals surface area contributed by atoms with E-state index in [0.717, 1.165) is 10.5 Å². The number of β-amino-alcohol motifs (C(OH)–C–C–N with tert-alkyl or cyclic N) is 1. The summed E-state index contributed by atoms with van der Waals surface area (Å²) < 4.78 is 31.8. The fourth-order valence-corrected chi connectivity index (χ4v) is 5.63. The minimum atomic E-state index is -4.24. The summed E-state index contributed by atoms with van der Waals surface area (Å²) in [7, 11) is -4.24. The van der Waals surface area contributed by atoms with Gasteiger partial charge in [-0.3, -0.25) is 0 Å². The second kappa shape index (κ2) is 8.74. The van der Waals surface area contributed by atoms with Crippen molar-refractivity contribution in [3.63, 3.8) is 0 Å². The summed E-state index contributed by atoms with van der Waals surface area (Å²) in [6.45, 7) is -0.588. The van der Waals surface area contributed by atoms with Crippen LogP contribution in [0, 0.1) is 0 Å². The number of nitrogens with zero attached hydrogens (tertiary/aromatic N) is 1. The molecule has 2 unspecified atom stereocenters. The number of carboxylic acids is 1. The second-order valence-corrected chi connectivity index (χ2v) is 9.77. The molecule has 2 aromatic carbocycles. The van der Waals surface area contributed by atoms with Gasteiger partial charge in [-0.1, -0.05) is 23.7 Å². The normalized spacial score (nSPS) is 21.5. The molecule has 11 heteroatoms. The minimum Gasteiger partial charge on any atom is -0.489 e. The van der Waals surface area contributed by atoms with Gasteiger partial charge < -0.3 is 25.6 Å². The highest BCUT2D eigenvalue weighted by molar-refractivity contribution is 7.92. The monoisotopic (exact) mass is 468 g/mol. The number of aliphatic hydroxyl groups is 1. The highest BCUT2D eigenvalue weighted by atomic mass is 35.5. The number of amides is 2. The molecule has 0 bridgehead atoms. The standard InChI is InChI=1S/C20H21ClN2O7S/c21-14-3-1-2-13(10-14)11-30-15-4-6-16(7-5-15)31(28,29)17-8-9-23(19(22)26)12-20(17,27)18(24)25/h1-7,10,17,27H,8-9,11-12H2,(H2,22,26)(H,24,25). The minimum absolute atomic E-state index is 0.0876. The van der Waals surface area contributed by atoms with Crippen LogP contribution in [-0.4, -0.2) is 59.5 Å². The van der Waals surface area contributed by atoms with Gasteiger partial charge >= 0.3 is 12.0 Å². The van der Waals surface area contributed by atoms with E-state index in [-0.39, 0.29) is 24.5 Å². The Kier molecular flexibility index (Phi) is 6.44. The largest absolute Gasteiger partial charge is 0.489 e. The van der Waals surface area contributed by atoms with Crippen LogP contribution >= 0.6 is 11.6 Å². The quantitative estimate of drug-likeness (QED) is 0.584. The Labute approximate surface area is 183 Å². The van der Waals surface area contributed by atoms with Gasteiger partial charge in [0.25, 0.3) is 0 Å². The molecule has 2 amide bonds. The molecule has 0 aromatic heterocycles. The van der Waals surface area contributed by atoms with E-state index in [1.54, 1.807) is 18.2 Å². The highest BCUT2D eigenvalue weighted by Gasteiger charge is 2.55. The number of urea groups is 1. The van der Waals surface area contributed by atoms with Crippen LogP contribution in [0.25, 0.3) is 0 Å². The summed E-state index contributed by atoms with van der Waals surface area (Å²) in [4.78, 5) is 23.8. The van der Waals surface area contributed by atoms with Gasteiger partial charge in [0, 0.05) is 11.6 Å². The van der Waals surface area contributed by atoms with Crippen LogP contribution in [0.3, 0.4) is 0 Å². The summed E-state index contributed by atoms with van der Waals surface area (Å²) in [5.74, 6) is -1.34. The van der Waals surface area contributed by atoms with Gasteiger partial charge in [-0.2, -0.15) is 0 Å². The fraction of sp³-hybridized carbons (Fsp3) is 0.300. The number of hydrogen-bond acceptors (Lipinski definition) is 6. The van der Waals surface area contributed by atoms with Gasteiger partial charge in [0.05, 0.1) is 11.4 Å². The number of carboxylic acid groups (broad SMARTS) is 1. The van der Waals surface area contributed by atoms with Crippen LogP contribution in [0.2, 0.25) is 5.02 Å². The molecule has 31 heavy (non-hydrogen) atoms. The van der Waals surface area contributed by atoms with E-state index in [2.05, 4.69) is 0 Å². The van der Waals surface area contributed by atoms with Gasteiger partial charge in [0.15, 0.2) is 15.4 Å². The molecule has 0 spiro atoms. The van der Waals surface area contributed by atoms with Crippen molar-refractivity contribution in [2.24, 2.45) is 5.73 Å². The Morgan fingerprint density at radius 1 is 1.23 bits per heavy atom. The Morgan fingerprint density at radius 3 is 2.48 bits per heavy atom. The lowest BCUT2D eigenvalue weighted by atomic mass is 9.92. The number of hydrogen-bond donors (Lipinski definition) is 3. The van der Waals surface area contributed by atoms with Gasteiger partial charge in [-0.25, -0.2) is 18.0 Å². The number of carbonyl (C=O) groups excluding carboxylic acids is 1. The van der Waals surface area contributed by atoms with E-state index in [0.29, 0.717) is 10.8 Å². The lowest BCUT2D eigenvalue weighted by Crippen LogP contribution is -2.65. The average molecular weight is 469 g/mol. The lowest BCUT2D eigenvalue weighted by Gasteiger charge is -2.40. The lowest BCUT2D eigenvalue weighted by molar-refractivity contribution is -0.162. The average Bonchev–Trinajstić information content (AvgIpc) is 2.72. The van der Waals surface area contributed by atoms with Crippen LogP contribution in [-0.2, 0) is 21.2 Å². The Balaban J connectivity index is 1.79. The summed E-state index contributed by atoms with van der Waals surface area (Å²) in [6, 6.07) is 11.6. The third kappa shape index (κ3) is 4.76. The molecule has 1 fully saturated rings. The van der Waals surface area contributed by atoms with E-state index in [9.17, 15) is 28.2 Å². The zero-order valence-electron chi connectivity index (χ0n) is 16.3. The molecular weight excluding hydrogens is 448 g/mol. The molecule has 2 aromatic rings. The molecule has 3 rings (SSSR count). The summed E-state index contributed by atoms with van der Waals surface area (Å²) >= 11 is 5.93. The van der Waals surface area contributed by atoms with Crippen molar-refractivity contribution in [2.45, 2.75) is 28.8 Å². The molecule has 1 aliphatic heterocycles. The van der Waals surface area contributed by atoms with E-state index in [1.807, 2.05) is 6.07 Å². The summed E-state index contributed by atoms with van der Waals surface area (Å²) in [5.41, 5.74) is 3.31. The van der Waals surface area contributed by atoms with Crippen molar-refractivity contribution in [1.29, 1.82) is 0 Å². The van der Waals surface area contributed by atoms with Gasteiger partial charge in [0.1, 0.15) is 17.6 Å².